The van der Waals surface area contributed by atoms with Crippen molar-refractivity contribution in [2.24, 2.45) is 0 Å². The maximum atomic E-state index is 13.5. The smallest absolute Gasteiger partial charge is 0.337 e. The number of halogens is 2. The number of aromatic nitrogens is 2. The van der Waals surface area contributed by atoms with E-state index in [1.807, 2.05) is 53.7 Å². The van der Waals surface area contributed by atoms with Crippen LogP contribution in [0.1, 0.15) is 55.0 Å². The first kappa shape index (κ1) is 25.9. The summed E-state index contributed by atoms with van der Waals surface area (Å²) in [4.78, 5) is 17.4. The molecular weight excluding hydrogens is 479 g/mol. The normalized spacial score (nSPS) is 12.8. The van der Waals surface area contributed by atoms with Crippen LogP contribution in [-0.2, 0) is 16.1 Å². The molecule has 2 heterocycles. The van der Waals surface area contributed by atoms with Crippen molar-refractivity contribution in [3.05, 3.63) is 87.4 Å². The fourth-order valence-electron chi connectivity index (χ4n) is 4.58. The zero-order valence-corrected chi connectivity index (χ0v) is 22.1. The second kappa shape index (κ2) is 9.68. The molecule has 0 aliphatic rings. The number of carboxylic acid groups (broad SMARTS) is 1. The van der Waals surface area contributed by atoms with Gasteiger partial charge in [-0.15, -0.1) is 0 Å². The van der Waals surface area contributed by atoms with Gasteiger partial charge in [0.2, 0.25) is 0 Å². The molecule has 4 aromatic rings. The van der Waals surface area contributed by atoms with E-state index in [0.29, 0.717) is 22.8 Å². The summed E-state index contributed by atoms with van der Waals surface area (Å²) in [5.41, 5.74) is 5.66. The number of hydrogen-bond acceptors (Lipinski definition) is 3. The fraction of sp³-hybridized carbons (Fsp3) is 0.310. The Hall–Kier alpha value is -3.22. The molecule has 7 heteroatoms. The maximum Gasteiger partial charge on any atom is 0.337 e. The minimum absolute atomic E-state index is 0.286. The van der Waals surface area contributed by atoms with Crippen molar-refractivity contribution in [2.45, 2.75) is 59.8 Å². The van der Waals surface area contributed by atoms with Crippen molar-refractivity contribution in [1.82, 2.24) is 9.55 Å². The van der Waals surface area contributed by atoms with Gasteiger partial charge in [-0.2, -0.15) is 0 Å². The van der Waals surface area contributed by atoms with Crippen LogP contribution in [0, 0.1) is 26.6 Å². The van der Waals surface area contributed by atoms with Gasteiger partial charge in [0.15, 0.2) is 6.10 Å². The number of carboxylic acids is 1. The van der Waals surface area contributed by atoms with Gasteiger partial charge in [0.05, 0.1) is 5.60 Å². The standard InChI is InChI=1S/C29H30ClFN2O3/c1-16-18(3)33(15-19-7-13-22(31)14-8-19)27-23(16)25(20-9-11-21(30)12-10-20)24(17(2)32-27)26(28(34)35)36-29(4,5)6/h7-14,26H,15H2,1-6H3,(H,34,35). The van der Waals surface area contributed by atoms with E-state index >= 15 is 0 Å². The minimum Gasteiger partial charge on any atom is -0.479 e. The zero-order valence-electron chi connectivity index (χ0n) is 21.3. The topological polar surface area (TPSA) is 64.4 Å². The molecule has 2 aromatic heterocycles. The van der Waals surface area contributed by atoms with Crippen LogP contribution < -0.4 is 0 Å². The molecular formula is C29H30ClFN2O3. The first-order valence-corrected chi connectivity index (χ1v) is 12.2. The van der Waals surface area contributed by atoms with Crippen LogP contribution >= 0.6 is 11.6 Å². The summed E-state index contributed by atoms with van der Waals surface area (Å²) >= 11 is 6.19. The minimum atomic E-state index is -1.22. The van der Waals surface area contributed by atoms with Crippen LogP contribution in [0.5, 0.6) is 0 Å². The second-order valence-electron chi connectivity index (χ2n) is 10.1. The van der Waals surface area contributed by atoms with Gasteiger partial charge in [-0.25, -0.2) is 14.2 Å². The molecule has 36 heavy (non-hydrogen) atoms. The second-order valence-corrected chi connectivity index (χ2v) is 10.5. The largest absolute Gasteiger partial charge is 0.479 e. The highest BCUT2D eigenvalue weighted by atomic mass is 35.5. The number of hydrogen-bond donors (Lipinski definition) is 1. The predicted octanol–water partition coefficient (Wildman–Crippen LogP) is 7.41. The maximum absolute atomic E-state index is 13.5. The monoisotopic (exact) mass is 508 g/mol. The lowest BCUT2D eigenvalue weighted by atomic mass is 9.91. The van der Waals surface area contributed by atoms with Crippen molar-refractivity contribution in [3.63, 3.8) is 0 Å². The Balaban J connectivity index is 2.06. The zero-order chi connectivity index (χ0) is 26.4. The molecule has 1 N–H and O–H groups in total. The Morgan fingerprint density at radius 2 is 1.69 bits per heavy atom. The molecule has 0 spiro atoms. The van der Waals surface area contributed by atoms with Crippen molar-refractivity contribution in [2.75, 3.05) is 0 Å². The number of aliphatic carboxylic acids is 1. The van der Waals surface area contributed by atoms with Crippen LogP contribution in [-0.4, -0.2) is 26.2 Å². The van der Waals surface area contributed by atoms with E-state index in [1.54, 1.807) is 24.3 Å². The summed E-state index contributed by atoms with van der Waals surface area (Å²) in [6.45, 7) is 11.8. The number of aryl methyl sites for hydroxylation is 2. The highest BCUT2D eigenvalue weighted by Gasteiger charge is 2.33. The lowest BCUT2D eigenvalue weighted by Crippen LogP contribution is -2.28. The molecule has 188 valence electrons. The lowest BCUT2D eigenvalue weighted by molar-refractivity contribution is -0.160. The number of carbonyl (C=O) groups is 1. The van der Waals surface area contributed by atoms with E-state index in [0.717, 1.165) is 39.0 Å². The fourth-order valence-corrected chi connectivity index (χ4v) is 4.71. The van der Waals surface area contributed by atoms with E-state index in [1.165, 1.54) is 12.1 Å². The predicted molar refractivity (Wildman–Crippen MR) is 141 cm³/mol. The molecule has 0 aliphatic heterocycles. The van der Waals surface area contributed by atoms with Crippen LogP contribution in [0.2, 0.25) is 5.02 Å². The van der Waals surface area contributed by atoms with E-state index < -0.39 is 17.7 Å². The summed E-state index contributed by atoms with van der Waals surface area (Å²) in [7, 11) is 0. The first-order valence-electron chi connectivity index (χ1n) is 11.8. The summed E-state index contributed by atoms with van der Waals surface area (Å²) in [5.74, 6) is -1.37. The molecule has 0 amide bonds. The molecule has 0 aliphatic carbocycles. The van der Waals surface area contributed by atoms with Crippen LogP contribution in [0.3, 0.4) is 0 Å². The van der Waals surface area contributed by atoms with E-state index in [4.69, 9.17) is 21.3 Å². The summed E-state index contributed by atoms with van der Waals surface area (Å²) in [5, 5.41) is 11.7. The number of rotatable bonds is 6. The first-order chi connectivity index (χ1) is 16.9. The molecule has 0 bridgehead atoms. The van der Waals surface area contributed by atoms with Gasteiger partial charge >= 0.3 is 5.97 Å². The third-order valence-corrected chi connectivity index (χ3v) is 6.58. The van der Waals surface area contributed by atoms with Gasteiger partial charge in [0, 0.05) is 39.5 Å². The molecule has 0 saturated heterocycles. The number of fused-ring (bicyclic) bond motifs is 1. The highest BCUT2D eigenvalue weighted by Crippen LogP contribution is 2.42. The van der Waals surface area contributed by atoms with Crippen LogP contribution in [0.15, 0.2) is 48.5 Å². The Morgan fingerprint density at radius 3 is 2.25 bits per heavy atom. The van der Waals surface area contributed by atoms with Crippen molar-refractivity contribution < 1.29 is 19.0 Å². The molecule has 1 unspecified atom stereocenters. The van der Waals surface area contributed by atoms with E-state index in [-0.39, 0.29) is 5.82 Å². The average molecular weight is 509 g/mol. The van der Waals surface area contributed by atoms with Crippen LogP contribution in [0.25, 0.3) is 22.2 Å². The van der Waals surface area contributed by atoms with E-state index in [9.17, 15) is 14.3 Å². The summed E-state index contributed by atoms with van der Waals surface area (Å²) in [6.07, 6.45) is -1.22. The van der Waals surface area contributed by atoms with Crippen molar-refractivity contribution >= 4 is 28.6 Å². The third kappa shape index (κ3) is 5.01. The average Bonchev–Trinajstić information content (AvgIpc) is 3.02. The van der Waals surface area contributed by atoms with Crippen molar-refractivity contribution in [3.8, 4) is 11.1 Å². The number of ether oxygens (including phenoxy) is 1. The van der Waals surface area contributed by atoms with Crippen LogP contribution in [0.4, 0.5) is 4.39 Å². The Labute approximate surface area is 215 Å². The molecule has 1 atom stereocenters. The Bertz CT molecular complexity index is 1440. The number of pyridine rings is 1. The quantitative estimate of drug-likeness (QED) is 0.294. The molecule has 0 radical (unpaired) electrons. The number of benzene rings is 2. The van der Waals surface area contributed by atoms with Gasteiger partial charge in [0.1, 0.15) is 11.5 Å². The van der Waals surface area contributed by atoms with E-state index in [2.05, 4.69) is 4.57 Å². The SMILES string of the molecule is Cc1nc2c(c(C)c(C)n2Cc2ccc(F)cc2)c(-c2ccc(Cl)cc2)c1C(OC(C)(C)C)C(=O)O. The van der Waals surface area contributed by atoms with Gasteiger partial charge in [-0.3, -0.25) is 0 Å². The lowest BCUT2D eigenvalue weighted by Gasteiger charge is -2.28. The van der Waals surface area contributed by atoms with Gasteiger partial charge < -0.3 is 14.4 Å². The third-order valence-electron chi connectivity index (χ3n) is 6.33. The van der Waals surface area contributed by atoms with Gasteiger partial charge in [-0.05, 0) is 82.5 Å². The Morgan fingerprint density at radius 1 is 1.08 bits per heavy atom. The van der Waals surface area contributed by atoms with Gasteiger partial charge in [0.25, 0.3) is 0 Å². The van der Waals surface area contributed by atoms with Gasteiger partial charge in [-0.1, -0.05) is 35.9 Å². The molecule has 0 saturated carbocycles. The number of nitrogens with zero attached hydrogens (tertiary/aromatic N) is 2. The molecule has 0 fully saturated rings. The molecule has 2 aromatic carbocycles. The highest BCUT2D eigenvalue weighted by molar-refractivity contribution is 6.30. The summed E-state index contributed by atoms with van der Waals surface area (Å²) in [6, 6.07) is 13.8. The molecule has 5 nitrogen and oxygen atoms in total. The van der Waals surface area contributed by atoms with Crippen molar-refractivity contribution in [1.29, 1.82) is 0 Å². The summed E-state index contributed by atoms with van der Waals surface area (Å²) < 4.78 is 21.7. The Kier molecular flexibility index (Phi) is 6.95. The molecule has 4 rings (SSSR count).